The van der Waals surface area contributed by atoms with E-state index in [9.17, 15) is 9.59 Å². The molecule has 0 fully saturated rings. The summed E-state index contributed by atoms with van der Waals surface area (Å²) in [6, 6.07) is 6.14. The summed E-state index contributed by atoms with van der Waals surface area (Å²) < 4.78 is 9.61. The molecule has 1 rings (SSSR count). The van der Waals surface area contributed by atoms with Crippen LogP contribution in [-0.4, -0.2) is 30.8 Å². The molecule has 5 nitrogen and oxygen atoms in total. The van der Waals surface area contributed by atoms with Crippen LogP contribution in [0.25, 0.3) is 0 Å². The van der Waals surface area contributed by atoms with Gasteiger partial charge >= 0.3 is 11.9 Å². The normalized spacial score (nSPS) is 9.89. The summed E-state index contributed by atoms with van der Waals surface area (Å²) in [5.41, 5.74) is 0.401. The first-order valence-corrected chi connectivity index (χ1v) is 5.67. The van der Waals surface area contributed by atoms with Crippen LogP contribution in [0.5, 0.6) is 5.75 Å². The van der Waals surface area contributed by atoms with Crippen LogP contribution in [0.1, 0.15) is 29.6 Å². The zero-order valence-electron chi connectivity index (χ0n) is 10.2. The lowest BCUT2D eigenvalue weighted by molar-refractivity contribution is -0.134. The molecule has 0 aromatic heterocycles. The second-order valence-corrected chi connectivity index (χ2v) is 3.67. The number of carbonyl (C=O) groups excluding carboxylic acids is 2. The van der Waals surface area contributed by atoms with E-state index in [2.05, 4.69) is 4.74 Å². The molecule has 1 aromatic rings. The molecule has 0 amide bonds. The van der Waals surface area contributed by atoms with Gasteiger partial charge < -0.3 is 14.6 Å². The van der Waals surface area contributed by atoms with E-state index >= 15 is 0 Å². The number of methoxy groups -OCH3 is 1. The van der Waals surface area contributed by atoms with Crippen molar-refractivity contribution in [2.75, 3.05) is 13.7 Å². The number of ether oxygens (including phenoxy) is 2. The van der Waals surface area contributed by atoms with E-state index in [0.29, 0.717) is 24.2 Å². The Morgan fingerprint density at radius 1 is 1.17 bits per heavy atom. The van der Waals surface area contributed by atoms with Crippen molar-refractivity contribution in [1.29, 1.82) is 0 Å². The van der Waals surface area contributed by atoms with E-state index in [0.717, 1.165) is 0 Å². The third-order valence-corrected chi connectivity index (χ3v) is 2.30. The first kappa shape index (κ1) is 14.2. The average Bonchev–Trinajstić information content (AvgIpc) is 2.39. The summed E-state index contributed by atoms with van der Waals surface area (Å²) in [7, 11) is 1.30. The Morgan fingerprint density at radius 3 is 2.39 bits per heavy atom. The second kappa shape index (κ2) is 7.45. The summed E-state index contributed by atoms with van der Waals surface area (Å²) >= 11 is 0. The van der Waals surface area contributed by atoms with Crippen molar-refractivity contribution in [2.24, 2.45) is 0 Å². The smallest absolute Gasteiger partial charge is 0.337 e. The van der Waals surface area contributed by atoms with Crippen LogP contribution in [0, 0.1) is 0 Å². The van der Waals surface area contributed by atoms with Crippen LogP contribution in [0.15, 0.2) is 24.3 Å². The van der Waals surface area contributed by atoms with Crippen molar-refractivity contribution >= 4 is 11.9 Å². The SMILES string of the molecule is COC(=O)c1ccc(OC(=O)CCCCO)cc1. The molecule has 0 aliphatic heterocycles. The Labute approximate surface area is 105 Å². The van der Waals surface area contributed by atoms with Crippen LogP contribution < -0.4 is 4.74 Å². The Morgan fingerprint density at radius 2 is 1.83 bits per heavy atom. The van der Waals surface area contributed by atoms with Crippen LogP contribution in [0.4, 0.5) is 0 Å². The Bertz CT molecular complexity index is 396. The van der Waals surface area contributed by atoms with Gasteiger partial charge in [0.15, 0.2) is 0 Å². The minimum absolute atomic E-state index is 0.0705. The molecule has 1 aromatic carbocycles. The molecule has 18 heavy (non-hydrogen) atoms. The van der Waals surface area contributed by atoms with Gasteiger partial charge in [-0.3, -0.25) is 4.79 Å². The number of unbranched alkanes of at least 4 members (excludes halogenated alkanes) is 1. The monoisotopic (exact) mass is 252 g/mol. The van der Waals surface area contributed by atoms with Gasteiger partial charge in [-0.1, -0.05) is 0 Å². The minimum Gasteiger partial charge on any atom is -0.465 e. The minimum atomic E-state index is -0.434. The van der Waals surface area contributed by atoms with Crippen molar-refractivity contribution in [3.05, 3.63) is 29.8 Å². The predicted octanol–water partition coefficient (Wildman–Crippen LogP) is 1.54. The number of esters is 2. The molecule has 1 N–H and O–H groups in total. The first-order chi connectivity index (χ1) is 8.67. The second-order valence-electron chi connectivity index (χ2n) is 3.67. The number of rotatable bonds is 6. The Balaban J connectivity index is 2.48. The number of benzene rings is 1. The molecule has 0 atom stereocenters. The summed E-state index contributed by atoms with van der Waals surface area (Å²) in [6.45, 7) is 0.0705. The van der Waals surface area contributed by atoms with Gasteiger partial charge in [-0.2, -0.15) is 0 Å². The van der Waals surface area contributed by atoms with Crippen molar-refractivity contribution in [3.63, 3.8) is 0 Å². The standard InChI is InChI=1S/C13H16O5/c1-17-13(16)10-5-7-11(8-6-10)18-12(15)4-2-3-9-14/h5-8,14H,2-4,9H2,1H3. The number of carbonyl (C=O) groups is 2. The largest absolute Gasteiger partial charge is 0.465 e. The highest BCUT2D eigenvalue weighted by Gasteiger charge is 2.07. The van der Waals surface area contributed by atoms with Crippen molar-refractivity contribution in [2.45, 2.75) is 19.3 Å². The van der Waals surface area contributed by atoms with E-state index < -0.39 is 5.97 Å². The van der Waals surface area contributed by atoms with E-state index in [-0.39, 0.29) is 19.0 Å². The highest BCUT2D eigenvalue weighted by atomic mass is 16.5. The van der Waals surface area contributed by atoms with E-state index in [1.54, 1.807) is 0 Å². The quantitative estimate of drug-likeness (QED) is 0.472. The average molecular weight is 252 g/mol. The fourth-order valence-corrected chi connectivity index (χ4v) is 1.34. The third-order valence-electron chi connectivity index (χ3n) is 2.30. The molecular weight excluding hydrogens is 236 g/mol. The lowest BCUT2D eigenvalue weighted by atomic mass is 10.2. The number of hydrogen-bond donors (Lipinski definition) is 1. The number of aliphatic hydroxyl groups is 1. The maximum absolute atomic E-state index is 11.4. The van der Waals surface area contributed by atoms with Gasteiger partial charge in [-0.25, -0.2) is 4.79 Å². The maximum Gasteiger partial charge on any atom is 0.337 e. The molecule has 98 valence electrons. The molecular formula is C13H16O5. The van der Waals surface area contributed by atoms with Crippen molar-refractivity contribution < 1.29 is 24.2 Å². The van der Waals surface area contributed by atoms with Crippen LogP contribution >= 0.6 is 0 Å². The fraction of sp³-hybridized carbons (Fsp3) is 0.385. The molecule has 0 unspecified atom stereocenters. The van der Waals surface area contributed by atoms with Gasteiger partial charge in [-0.15, -0.1) is 0 Å². The summed E-state index contributed by atoms with van der Waals surface area (Å²) in [5.74, 6) is -0.401. The lowest BCUT2D eigenvalue weighted by Crippen LogP contribution is -2.08. The van der Waals surface area contributed by atoms with Gasteiger partial charge in [-0.05, 0) is 37.1 Å². The van der Waals surface area contributed by atoms with Gasteiger partial charge in [0.1, 0.15) is 5.75 Å². The van der Waals surface area contributed by atoms with Gasteiger partial charge in [0.05, 0.1) is 12.7 Å². The molecule has 0 saturated carbocycles. The molecule has 0 bridgehead atoms. The number of aliphatic hydroxyl groups excluding tert-OH is 1. The van der Waals surface area contributed by atoms with Gasteiger partial charge in [0, 0.05) is 13.0 Å². The van der Waals surface area contributed by atoms with E-state index in [4.69, 9.17) is 9.84 Å². The van der Waals surface area contributed by atoms with Gasteiger partial charge in [0.25, 0.3) is 0 Å². The maximum atomic E-state index is 11.4. The number of hydrogen-bond acceptors (Lipinski definition) is 5. The zero-order chi connectivity index (χ0) is 13.4. The van der Waals surface area contributed by atoms with Crippen LogP contribution in [-0.2, 0) is 9.53 Å². The molecule has 0 aliphatic rings. The molecule has 5 heteroatoms. The summed E-state index contributed by atoms with van der Waals surface area (Å²) in [5, 5.41) is 8.58. The van der Waals surface area contributed by atoms with Crippen LogP contribution in [0.3, 0.4) is 0 Å². The Kier molecular flexibility index (Phi) is 5.87. The highest BCUT2D eigenvalue weighted by Crippen LogP contribution is 2.14. The zero-order valence-corrected chi connectivity index (χ0v) is 10.2. The van der Waals surface area contributed by atoms with Crippen molar-refractivity contribution in [3.8, 4) is 5.75 Å². The highest BCUT2D eigenvalue weighted by molar-refractivity contribution is 5.89. The predicted molar refractivity (Wildman–Crippen MR) is 64.4 cm³/mol. The molecule has 0 spiro atoms. The van der Waals surface area contributed by atoms with Gasteiger partial charge in [0.2, 0.25) is 0 Å². The lowest BCUT2D eigenvalue weighted by Gasteiger charge is -2.04. The molecule has 0 heterocycles. The van der Waals surface area contributed by atoms with E-state index in [1.165, 1.54) is 31.4 Å². The molecule has 0 aliphatic carbocycles. The first-order valence-electron chi connectivity index (χ1n) is 5.67. The van der Waals surface area contributed by atoms with Crippen LogP contribution in [0.2, 0.25) is 0 Å². The van der Waals surface area contributed by atoms with E-state index in [1.807, 2.05) is 0 Å². The topological polar surface area (TPSA) is 72.8 Å². The fourth-order valence-electron chi connectivity index (χ4n) is 1.34. The summed E-state index contributed by atoms with van der Waals surface area (Å²) in [4.78, 5) is 22.5. The van der Waals surface area contributed by atoms with Crippen molar-refractivity contribution in [1.82, 2.24) is 0 Å². The molecule has 0 saturated heterocycles. The Hall–Kier alpha value is -1.88. The summed E-state index contributed by atoms with van der Waals surface area (Å²) in [6.07, 6.45) is 1.44. The third kappa shape index (κ3) is 4.55. The molecule has 0 radical (unpaired) electrons.